The standard InChI is InChI=1S/C19H34N2O2/c1-15-7-3-4-10-19(15)23-14-13-20-11-5-8-17(20)18-9-6-12-21(18)16(2)22/h15,17-19H,3-14H2,1-2H3/t15-,17+,18-,19+/m1/s1. The Morgan fingerprint density at radius 1 is 1.00 bits per heavy atom. The molecule has 4 nitrogen and oxygen atoms in total. The normalized spacial score (nSPS) is 35.8. The second-order valence-electron chi connectivity index (χ2n) is 7.84. The number of carbonyl (C=O) groups is 1. The molecule has 23 heavy (non-hydrogen) atoms. The van der Waals surface area contributed by atoms with Gasteiger partial charge >= 0.3 is 0 Å². The lowest BCUT2D eigenvalue weighted by molar-refractivity contribution is -0.130. The maximum absolute atomic E-state index is 11.9. The van der Waals surface area contributed by atoms with Crippen molar-refractivity contribution in [2.75, 3.05) is 26.2 Å². The van der Waals surface area contributed by atoms with Gasteiger partial charge in [0.25, 0.3) is 0 Å². The molecule has 4 atom stereocenters. The molecule has 0 aromatic heterocycles. The average molecular weight is 322 g/mol. The molecule has 2 saturated heterocycles. The largest absolute Gasteiger partial charge is 0.377 e. The molecule has 1 aliphatic carbocycles. The van der Waals surface area contributed by atoms with Gasteiger partial charge in [-0.2, -0.15) is 0 Å². The first-order valence-corrected chi connectivity index (χ1v) is 9.79. The SMILES string of the molecule is CC(=O)N1CCC[C@@H]1[C@@H]1CCCN1CCO[C@H]1CCCC[C@H]1C. The molecular formula is C19H34N2O2. The molecule has 3 aliphatic rings. The van der Waals surface area contributed by atoms with Gasteiger partial charge in [0.1, 0.15) is 0 Å². The highest BCUT2D eigenvalue weighted by atomic mass is 16.5. The third-order valence-corrected chi connectivity index (χ3v) is 6.31. The Balaban J connectivity index is 1.48. The van der Waals surface area contributed by atoms with E-state index in [0.717, 1.165) is 25.6 Å². The molecule has 0 N–H and O–H groups in total. The summed E-state index contributed by atoms with van der Waals surface area (Å²) in [5.74, 6) is 0.979. The van der Waals surface area contributed by atoms with Gasteiger partial charge in [0.2, 0.25) is 5.91 Å². The first-order valence-electron chi connectivity index (χ1n) is 9.79. The van der Waals surface area contributed by atoms with E-state index in [1.54, 1.807) is 6.92 Å². The summed E-state index contributed by atoms with van der Waals surface area (Å²) in [4.78, 5) is 16.6. The Morgan fingerprint density at radius 2 is 1.74 bits per heavy atom. The van der Waals surface area contributed by atoms with E-state index in [1.165, 1.54) is 57.9 Å². The molecule has 0 aromatic carbocycles. The quantitative estimate of drug-likeness (QED) is 0.780. The zero-order valence-electron chi connectivity index (χ0n) is 15.0. The van der Waals surface area contributed by atoms with Crippen LogP contribution in [0.25, 0.3) is 0 Å². The van der Waals surface area contributed by atoms with Crippen molar-refractivity contribution in [1.29, 1.82) is 0 Å². The maximum Gasteiger partial charge on any atom is 0.219 e. The van der Waals surface area contributed by atoms with E-state index >= 15 is 0 Å². The minimum atomic E-state index is 0.256. The van der Waals surface area contributed by atoms with Crippen LogP contribution in [0.5, 0.6) is 0 Å². The maximum atomic E-state index is 11.9. The van der Waals surface area contributed by atoms with Crippen molar-refractivity contribution >= 4 is 5.91 Å². The molecule has 0 unspecified atom stereocenters. The van der Waals surface area contributed by atoms with Crippen LogP contribution in [-0.4, -0.2) is 60.1 Å². The number of amides is 1. The van der Waals surface area contributed by atoms with E-state index in [4.69, 9.17) is 4.74 Å². The summed E-state index contributed by atoms with van der Waals surface area (Å²) in [5.41, 5.74) is 0. The van der Waals surface area contributed by atoms with E-state index in [2.05, 4.69) is 16.7 Å². The van der Waals surface area contributed by atoms with Crippen molar-refractivity contribution in [2.24, 2.45) is 5.92 Å². The van der Waals surface area contributed by atoms with Crippen LogP contribution in [0.15, 0.2) is 0 Å². The van der Waals surface area contributed by atoms with Crippen LogP contribution in [0.1, 0.15) is 65.2 Å². The summed E-state index contributed by atoms with van der Waals surface area (Å²) in [6.45, 7) is 8.10. The summed E-state index contributed by atoms with van der Waals surface area (Å²) in [6, 6.07) is 1.01. The lowest BCUT2D eigenvalue weighted by atomic mass is 9.88. The van der Waals surface area contributed by atoms with Gasteiger partial charge in [-0.1, -0.05) is 19.8 Å². The molecule has 0 spiro atoms. The third-order valence-electron chi connectivity index (χ3n) is 6.31. The zero-order chi connectivity index (χ0) is 16.2. The topological polar surface area (TPSA) is 32.8 Å². The van der Waals surface area contributed by atoms with Gasteiger partial charge in [-0.25, -0.2) is 0 Å². The summed E-state index contributed by atoms with van der Waals surface area (Å²) < 4.78 is 6.22. The van der Waals surface area contributed by atoms with Gasteiger partial charge < -0.3 is 9.64 Å². The Kier molecular flexibility index (Phi) is 5.97. The fourth-order valence-corrected chi connectivity index (χ4v) is 5.00. The second kappa shape index (κ2) is 7.98. The zero-order valence-corrected chi connectivity index (χ0v) is 15.0. The molecule has 1 amide bonds. The molecule has 2 heterocycles. The Hall–Kier alpha value is -0.610. The third kappa shape index (κ3) is 4.08. The molecule has 3 fully saturated rings. The van der Waals surface area contributed by atoms with Crippen LogP contribution in [0.4, 0.5) is 0 Å². The Labute approximate surface area is 141 Å². The van der Waals surface area contributed by atoms with E-state index in [9.17, 15) is 4.79 Å². The summed E-state index contributed by atoms with van der Waals surface area (Å²) in [5, 5.41) is 0. The van der Waals surface area contributed by atoms with Gasteiger partial charge in [0, 0.05) is 32.1 Å². The van der Waals surface area contributed by atoms with Crippen LogP contribution >= 0.6 is 0 Å². The fourth-order valence-electron chi connectivity index (χ4n) is 5.00. The summed E-state index contributed by atoms with van der Waals surface area (Å²) in [6.07, 6.45) is 10.6. The molecule has 2 aliphatic heterocycles. The van der Waals surface area contributed by atoms with Gasteiger partial charge in [-0.15, -0.1) is 0 Å². The van der Waals surface area contributed by atoms with Crippen molar-refractivity contribution in [3.8, 4) is 0 Å². The lowest BCUT2D eigenvalue weighted by Gasteiger charge is -2.35. The molecule has 4 heteroatoms. The second-order valence-corrected chi connectivity index (χ2v) is 7.84. The van der Waals surface area contributed by atoms with Crippen LogP contribution in [-0.2, 0) is 9.53 Å². The number of hydrogen-bond acceptors (Lipinski definition) is 3. The molecule has 0 aromatic rings. The molecule has 3 rings (SSSR count). The summed E-state index contributed by atoms with van der Waals surface area (Å²) >= 11 is 0. The van der Waals surface area contributed by atoms with Crippen LogP contribution < -0.4 is 0 Å². The number of ether oxygens (including phenoxy) is 1. The number of carbonyl (C=O) groups excluding carboxylic acids is 1. The monoisotopic (exact) mass is 322 g/mol. The van der Waals surface area contributed by atoms with Gasteiger partial charge in [0.15, 0.2) is 0 Å². The van der Waals surface area contributed by atoms with E-state index in [1.807, 2.05) is 0 Å². The molecular weight excluding hydrogens is 288 g/mol. The first-order chi connectivity index (χ1) is 11.2. The smallest absolute Gasteiger partial charge is 0.219 e. The number of nitrogens with zero attached hydrogens (tertiary/aromatic N) is 2. The predicted octanol–water partition coefficient (Wildman–Crippen LogP) is 3.06. The minimum absolute atomic E-state index is 0.256. The van der Waals surface area contributed by atoms with E-state index in [0.29, 0.717) is 18.2 Å². The van der Waals surface area contributed by atoms with Crippen molar-refractivity contribution < 1.29 is 9.53 Å². The number of likely N-dealkylation sites (tertiary alicyclic amines) is 2. The molecule has 0 radical (unpaired) electrons. The Morgan fingerprint density at radius 3 is 2.52 bits per heavy atom. The number of rotatable bonds is 5. The van der Waals surface area contributed by atoms with Gasteiger partial charge in [-0.3, -0.25) is 9.69 Å². The predicted molar refractivity (Wildman–Crippen MR) is 92.4 cm³/mol. The van der Waals surface area contributed by atoms with E-state index in [-0.39, 0.29) is 5.91 Å². The molecule has 1 saturated carbocycles. The van der Waals surface area contributed by atoms with Crippen LogP contribution in [0, 0.1) is 5.92 Å². The van der Waals surface area contributed by atoms with Crippen molar-refractivity contribution in [3.05, 3.63) is 0 Å². The highest BCUT2D eigenvalue weighted by Crippen LogP contribution is 2.30. The molecule has 132 valence electrons. The van der Waals surface area contributed by atoms with Crippen LogP contribution in [0.3, 0.4) is 0 Å². The minimum Gasteiger partial charge on any atom is -0.377 e. The van der Waals surface area contributed by atoms with E-state index < -0.39 is 0 Å². The van der Waals surface area contributed by atoms with Crippen LogP contribution in [0.2, 0.25) is 0 Å². The highest BCUT2D eigenvalue weighted by Gasteiger charge is 2.38. The average Bonchev–Trinajstić information content (AvgIpc) is 3.17. The molecule has 0 bridgehead atoms. The first kappa shape index (κ1) is 17.2. The fraction of sp³-hybridized carbons (Fsp3) is 0.947. The van der Waals surface area contributed by atoms with Gasteiger partial charge in [-0.05, 0) is 51.0 Å². The number of hydrogen-bond donors (Lipinski definition) is 0. The highest BCUT2D eigenvalue weighted by molar-refractivity contribution is 5.74. The van der Waals surface area contributed by atoms with Crippen molar-refractivity contribution in [3.63, 3.8) is 0 Å². The Bertz CT molecular complexity index is 401. The van der Waals surface area contributed by atoms with Crippen molar-refractivity contribution in [1.82, 2.24) is 9.80 Å². The summed E-state index contributed by atoms with van der Waals surface area (Å²) in [7, 11) is 0. The lowest BCUT2D eigenvalue weighted by Crippen LogP contribution is -2.48. The van der Waals surface area contributed by atoms with Crippen molar-refractivity contribution in [2.45, 2.75) is 83.4 Å². The van der Waals surface area contributed by atoms with Gasteiger partial charge in [0.05, 0.1) is 12.7 Å².